The molecule has 0 aromatic carbocycles. The van der Waals surface area contributed by atoms with Crippen molar-refractivity contribution in [2.24, 2.45) is 0 Å². The van der Waals surface area contributed by atoms with Crippen LogP contribution in [0.3, 0.4) is 0 Å². The fraction of sp³-hybridized carbons (Fsp3) is 1.00. The van der Waals surface area contributed by atoms with Gasteiger partial charge in [-0.1, -0.05) is 0 Å². The summed E-state index contributed by atoms with van der Waals surface area (Å²) in [4.78, 5) is 0. The molecular formula is C8H17IN2OS. The van der Waals surface area contributed by atoms with Gasteiger partial charge in [-0.15, -0.1) is 0 Å². The van der Waals surface area contributed by atoms with Crippen molar-refractivity contribution < 1.29 is 4.74 Å². The van der Waals surface area contributed by atoms with Gasteiger partial charge in [-0.25, -0.2) is 0 Å². The molecule has 2 atom stereocenters. The number of nitrogens with one attached hydrogen (secondary N) is 2. The minimum Gasteiger partial charge on any atom is -0.377 e. The van der Waals surface area contributed by atoms with Crippen molar-refractivity contribution in [2.75, 3.05) is 19.7 Å². The lowest BCUT2D eigenvalue weighted by Crippen LogP contribution is -2.41. The first kappa shape index (κ1) is 12.0. The van der Waals surface area contributed by atoms with Gasteiger partial charge in [0.2, 0.25) is 0 Å². The Balaban J connectivity index is 1.96. The Morgan fingerprint density at radius 3 is 2.92 bits per heavy atom. The van der Waals surface area contributed by atoms with Gasteiger partial charge >= 0.3 is 0 Å². The molecule has 0 aliphatic carbocycles. The minimum atomic E-state index is 0.459. The van der Waals surface area contributed by atoms with Gasteiger partial charge < -0.3 is 10.1 Å². The molecule has 13 heavy (non-hydrogen) atoms. The predicted molar refractivity (Wildman–Crippen MR) is 66.1 cm³/mol. The van der Waals surface area contributed by atoms with Crippen molar-refractivity contribution in [1.29, 1.82) is 0 Å². The number of ether oxygens (including phenoxy) is 1. The lowest BCUT2D eigenvalue weighted by atomic mass is 10.1. The van der Waals surface area contributed by atoms with Crippen molar-refractivity contribution in [1.82, 2.24) is 10.0 Å². The molecule has 2 N–H and O–H groups in total. The van der Waals surface area contributed by atoms with E-state index in [0.29, 0.717) is 12.1 Å². The van der Waals surface area contributed by atoms with Crippen LogP contribution in [0.5, 0.6) is 0 Å². The normalized spacial score (nSPS) is 29.1. The van der Waals surface area contributed by atoms with E-state index in [1.54, 1.807) is 9.12 Å². The van der Waals surface area contributed by atoms with Crippen LogP contribution in [0.1, 0.15) is 19.8 Å². The second-order valence-electron chi connectivity index (χ2n) is 3.34. The highest BCUT2D eigenvalue weighted by Crippen LogP contribution is 2.12. The average Bonchev–Trinajstić information content (AvgIpc) is 2.15. The van der Waals surface area contributed by atoms with Crippen LogP contribution in [0, 0.1) is 0 Å². The molecule has 1 fully saturated rings. The first-order valence-electron chi connectivity index (χ1n) is 4.68. The first-order valence-corrected chi connectivity index (χ1v) is 8.04. The SMILES string of the molecule is C[C@H]1CCC(NCCNSI)CO1. The van der Waals surface area contributed by atoms with Crippen LogP contribution in [0.15, 0.2) is 0 Å². The summed E-state index contributed by atoms with van der Waals surface area (Å²) in [5.41, 5.74) is 0. The van der Waals surface area contributed by atoms with Crippen LogP contribution in [-0.2, 0) is 4.74 Å². The molecule has 1 rings (SSSR count). The monoisotopic (exact) mass is 316 g/mol. The molecule has 0 spiro atoms. The van der Waals surface area contributed by atoms with E-state index in [9.17, 15) is 0 Å². The number of hydrogen-bond donors (Lipinski definition) is 2. The van der Waals surface area contributed by atoms with Gasteiger partial charge in [0.25, 0.3) is 0 Å². The zero-order chi connectivity index (χ0) is 9.52. The highest BCUT2D eigenvalue weighted by molar-refractivity contribution is 14.2. The van der Waals surface area contributed by atoms with E-state index in [0.717, 1.165) is 19.7 Å². The van der Waals surface area contributed by atoms with Crippen LogP contribution >= 0.6 is 30.3 Å². The fourth-order valence-electron chi connectivity index (χ4n) is 1.41. The van der Waals surface area contributed by atoms with Crippen molar-refractivity contribution in [3.63, 3.8) is 0 Å². The van der Waals surface area contributed by atoms with Crippen molar-refractivity contribution in [3.05, 3.63) is 0 Å². The van der Waals surface area contributed by atoms with E-state index in [2.05, 4.69) is 38.2 Å². The number of halogens is 1. The fourth-order valence-corrected chi connectivity index (χ4v) is 2.25. The van der Waals surface area contributed by atoms with E-state index in [1.807, 2.05) is 0 Å². The molecule has 0 amide bonds. The second kappa shape index (κ2) is 7.28. The Morgan fingerprint density at radius 2 is 2.31 bits per heavy atom. The molecule has 1 saturated heterocycles. The smallest absolute Gasteiger partial charge is 0.0623 e. The number of hydrogen-bond acceptors (Lipinski definition) is 4. The van der Waals surface area contributed by atoms with Crippen molar-refractivity contribution >= 4 is 30.3 Å². The average molecular weight is 316 g/mol. The highest BCUT2D eigenvalue weighted by Gasteiger charge is 2.17. The Morgan fingerprint density at radius 1 is 1.46 bits per heavy atom. The van der Waals surface area contributed by atoms with E-state index in [4.69, 9.17) is 4.74 Å². The molecule has 0 saturated carbocycles. The maximum absolute atomic E-state index is 5.56. The summed E-state index contributed by atoms with van der Waals surface area (Å²) in [5, 5.41) is 3.47. The molecule has 0 aromatic heterocycles. The van der Waals surface area contributed by atoms with Gasteiger partial charge in [0.15, 0.2) is 0 Å². The van der Waals surface area contributed by atoms with Gasteiger partial charge in [0.05, 0.1) is 12.7 Å². The summed E-state index contributed by atoms with van der Waals surface area (Å²) in [6, 6.07) is 0.567. The Labute approximate surface area is 96.5 Å². The van der Waals surface area contributed by atoms with Crippen LogP contribution < -0.4 is 10.0 Å². The topological polar surface area (TPSA) is 33.3 Å². The molecular weight excluding hydrogens is 299 g/mol. The molecule has 1 unspecified atom stereocenters. The van der Waals surface area contributed by atoms with E-state index in [1.165, 1.54) is 12.8 Å². The third kappa shape index (κ3) is 5.41. The van der Waals surface area contributed by atoms with Gasteiger partial charge in [-0.2, -0.15) is 0 Å². The number of rotatable bonds is 5. The van der Waals surface area contributed by atoms with Crippen LogP contribution in [0.4, 0.5) is 0 Å². The quantitative estimate of drug-likeness (QED) is 0.460. The molecule has 0 radical (unpaired) electrons. The minimum absolute atomic E-state index is 0.459. The van der Waals surface area contributed by atoms with Crippen molar-refractivity contribution in [2.45, 2.75) is 31.9 Å². The molecule has 1 heterocycles. The van der Waals surface area contributed by atoms with Gasteiger partial charge in [-0.05, 0) is 28.9 Å². The molecule has 1 aliphatic rings. The van der Waals surface area contributed by atoms with Gasteiger partial charge in [0.1, 0.15) is 0 Å². The summed E-state index contributed by atoms with van der Waals surface area (Å²) in [7, 11) is 1.64. The largest absolute Gasteiger partial charge is 0.377 e. The maximum Gasteiger partial charge on any atom is 0.0623 e. The lowest BCUT2D eigenvalue weighted by Gasteiger charge is -2.27. The summed E-state index contributed by atoms with van der Waals surface area (Å²) in [5.74, 6) is 0. The summed E-state index contributed by atoms with van der Waals surface area (Å²) < 4.78 is 8.75. The zero-order valence-electron chi connectivity index (χ0n) is 7.88. The Kier molecular flexibility index (Phi) is 6.74. The van der Waals surface area contributed by atoms with Crippen LogP contribution in [0.25, 0.3) is 0 Å². The highest BCUT2D eigenvalue weighted by atomic mass is 127. The van der Waals surface area contributed by atoms with E-state index >= 15 is 0 Å². The summed E-state index contributed by atoms with van der Waals surface area (Å²) in [6.07, 6.45) is 2.89. The standard InChI is InChI=1S/C8H17IN2OS/c1-7-2-3-8(6-12-7)10-4-5-11-13-9/h7-8,10-11H,2-6H2,1H3/t7-,8?/m0/s1. The van der Waals surface area contributed by atoms with Crippen LogP contribution in [0.2, 0.25) is 0 Å². The van der Waals surface area contributed by atoms with Crippen LogP contribution in [-0.4, -0.2) is 31.8 Å². The Bertz CT molecular complexity index is 131. The first-order chi connectivity index (χ1) is 6.33. The molecule has 0 aromatic rings. The molecule has 0 bridgehead atoms. The van der Waals surface area contributed by atoms with Gasteiger partial charge in [-0.3, -0.25) is 4.72 Å². The maximum atomic E-state index is 5.56. The van der Waals surface area contributed by atoms with E-state index < -0.39 is 0 Å². The third-order valence-electron chi connectivity index (χ3n) is 2.22. The van der Waals surface area contributed by atoms with Gasteiger partial charge in [0, 0.05) is 40.3 Å². The predicted octanol–water partition coefficient (Wildman–Crippen LogP) is 1.73. The zero-order valence-corrected chi connectivity index (χ0v) is 10.9. The third-order valence-corrected chi connectivity index (χ3v) is 3.47. The summed E-state index contributed by atoms with van der Waals surface area (Å²) in [6.45, 7) is 5.06. The summed E-state index contributed by atoms with van der Waals surface area (Å²) >= 11 is 2.24. The molecule has 78 valence electrons. The molecule has 5 heteroatoms. The van der Waals surface area contributed by atoms with Crippen molar-refractivity contribution in [3.8, 4) is 0 Å². The Hall–Kier alpha value is 0.960. The molecule has 1 aliphatic heterocycles. The molecule has 3 nitrogen and oxygen atoms in total. The lowest BCUT2D eigenvalue weighted by molar-refractivity contribution is 0.00893. The second-order valence-corrected chi connectivity index (χ2v) is 5.11. The van der Waals surface area contributed by atoms with E-state index in [-0.39, 0.29) is 0 Å².